The molecular weight excluding hydrogens is 428 g/mol. The van der Waals surface area contributed by atoms with Crippen molar-refractivity contribution in [3.05, 3.63) is 70.3 Å². The van der Waals surface area contributed by atoms with Gasteiger partial charge in [0.15, 0.2) is 0 Å². The second-order valence-corrected chi connectivity index (χ2v) is 8.59. The van der Waals surface area contributed by atoms with E-state index in [0.29, 0.717) is 36.9 Å². The molecule has 0 spiro atoms. The molecule has 8 nitrogen and oxygen atoms in total. The molecule has 0 aliphatic carbocycles. The summed E-state index contributed by atoms with van der Waals surface area (Å²) in [6.45, 7) is 6.56. The van der Waals surface area contributed by atoms with Gasteiger partial charge in [-0.3, -0.25) is 14.3 Å². The molecule has 4 heterocycles. The van der Waals surface area contributed by atoms with E-state index in [4.69, 9.17) is 4.74 Å². The molecule has 1 atom stereocenters. The van der Waals surface area contributed by atoms with E-state index in [1.165, 1.54) is 0 Å². The third kappa shape index (κ3) is 4.30. The lowest BCUT2D eigenvalue weighted by molar-refractivity contribution is 0.0183. The first kappa shape index (κ1) is 22.2. The number of aromatic nitrogens is 4. The first-order chi connectivity index (χ1) is 16.5. The molecule has 0 radical (unpaired) electrons. The fraction of sp³-hybridized carbons (Fsp3) is 0.308. The van der Waals surface area contributed by atoms with Crippen molar-refractivity contribution in [3.8, 4) is 22.4 Å². The maximum atomic E-state index is 13.8. The van der Waals surface area contributed by atoms with Crippen molar-refractivity contribution in [1.29, 1.82) is 0 Å². The van der Waals surface area contributed by atoms with E-state index in [2.05, 4.69) is 31.7 Å². The summed E-state index contributed by atoms with van der Waals surface area (Å²) in [5.74, 6) is 0.474. The van der Waals surface area contributed by atoms with Crippen molar-refractivity contribution < 1.29 is 4.74 Å². The zero-order valence-electron chi connectivity index (χ0n) is 19.6. The maximum absolute atomic E-state index is 13.8. The van der Waals surface area contributed by atoms with Gasteiger partial charge in [-0.1, -0.05) is 18.2 Å². The number of morpholine rings is 1. The summed E-state index contributed by atoms with van der Waals surface area (Å²) < 4.78 is 7.62. The average Bonchev–Trinajstić information content (AvgIpc) is 2.86. The van der Waals surface area contributed by atoms with E-state index in [1.807, 2.05) is 50.2 Å². The molecule has 0 amide bonds. The Morgan fingerprint density at radius 2 is 2.03 bits per heavy atom. The molecule has 1 unspecified atom stereocenters. The molecule has 4 aromatic rings. The molecule has 1 fully saturated rings. The van der Waals surface area contributed by atoms with Gasteiger partial charge in [0.05, 0.1) is 24.9 Å². The van der Waals surface area contributed by atoms with Crippen LogP contribution in [0, 0.1) is 13.8 Å². The van der Waals surface area contributed by atoms with Gasteiger partial charge in [0, 0.05) is 48.5 Å². The Bertz CT molecular complexity index is 1410. The highest BCUT2D eigenvalue weighted by atomic mass is 16.5. The SMILES string of the molecule is CNc1ncc2cc(-c3ccc(-c4cccc(C)n4)cc3C)c(=O)n(CC3CNCCO3)c2n1. The van der Waals surface area contributed by atoms with Crippen molar-refractivity contribution in [3.63, 3.8) is 0 Å². The van der Waals surface area contributed by atoms with Crippen molar-refractivity contribution >= 4 is 17.0 Å². The van der Waals surface area contributed by atoms with E-state index in [0.717, 1.165) is 40.0 Å². The Morgan fingerprint density at radius 1 is 1.15 bits per heavy atom. The quantitative estimate of drug-likeness (QED) is 0.476. The fourth-order valence-corrected chi connectivity index (χ4v) is 4.41. The zero-order chi connectivity index (χ0) is 23.7. The van der Waals surface area contributed by atoms with Crippen LogP contribution in [0.3, 0.4) is 0 Å². The molecule has 1 aliphatic heterocycles. The van der Waals surface area contributed by atoms with Crippen molar-refractivity contribution in [2.24, 2.45) is 0 Å². The maximum Gasteiger partial charge on any atom is 0.260 e. The van der Waals surface area contributed by atoms with Crippen LogP contribution >= 0.6 is 0 Å². The Morgan fingerprint density at radius 3 is 2.76 bits per heavy atom. The van der Waals surface area contributed by atoms with E-state index < -0.39 is 0 Å². The summed E-state index contributed by atoms with van der Waals surface area (Å²) in [5, 5.41) is 7.10. The summed E-state index contributed by atoms with van der Waals surface area (Å²) >= 11 is 0. The third-order valence-corrected chi connectivity index (χ3v) is 6.14. The van der Waals surface area contributed by atoms with Gasteiger partial charge in [0.1, 0.15) is 5.65 Å². The van der Waals surface area contributed by atoms with Crippen LogP contribution < -0.4 is 16.2 Å². The smallest absolute Gasteiger partial charge is 0.260 e. The average molecular weight is 457 g/mol. The number of nitrogens with one attached hydrogen (secondary N) is 2. The van der Waals surface area contributed by atoms with Crippen LogP contribution in [-0.2, 0) is 11.3 Å². The molecule has 8 heteroatoms. The van der Waals surface area contributed by atoms with E-state index >= 15 is 0 Å². The van der Waals surface area contributed by atoms with Crippen LogP contribution in [0.15, 0.2) is 53.5 Å². The highest BCUT2D eigenvalue weighted by Gasteiger charge is 2.20. The van der Waals surface area contributed by atoms with E-state index in [9.17, 15) is 4.79 Å². The van der Waals surface area contributed by atoms with Gasteiger partial charge in [0.2, 0.25) is 5.95 Å². The highest BCUT2D eigenvalue weighted by molar-refractivity contribution is 5.83. The number of aryl methyl sites for hydroxylation is 2. The number of hydrogen-bond donors (Lipinski definition) is 2. The van der Waals surface area contributed by atoms with Crippen molar-refractivity contribution in [2.45, 2.75) is 26.5 Å². The molecule has 1 saturated heterocycles. The van der Waals surface area contributed by atoms with Gasteiger partial charge in [-0.15, -0.1) is 0 Å². The van der Waals surface area contributed by atoms with Gasteiger partial charge in [-0.2, -0.15) is 4.98 Å². The lowest BCUT2D eigenvalue weighted by atomic mass is 9.97. The van der Waals surface area contributed by atoms with Gasteiger partial charge in [0.25, 0.3) is 5.56 Å². The molecule has 2 N–H and O–H groups in total. The Hall–Kier alpha value is -3.62. The number of fused-ring (bicyclic) bond motifs is 1. The number of rotatable bonds is 5. The lowest BCUT2D eigenvalue weighted by Gasteiger charge is -2.25. The molecule has 1 aromatic carbocycles. The monoisotopic (exact) mass is 456 g/mol. The van der Waals surface area contributed by atoms with Crippen LogP contribution in [0.4, 0.5) is 5.95 Å². The zero-order valence-corrected chi connectivity index (χ0v) is 19.6. The van der Waals surface area contributed by atoms with Gasteiger partial charge >= 0.3 is 0 Å². The van der Waals surface area contributed by atoms with E-state index in [1.54, 1.807) is 17.8 Å². The van der Waals surface area contributed by atoms with Crippen molar-refractivity contribution in [2.75, 3.05) is 32.1 Å². The molecule has 0 saturated carbocycles. The van der Waals surface area contributed by atoms with Gasteiger partial charge in [-0.05, 0) is 49.2 Å². The second kappa shape index (κ2) is 9.32. The third-order valence-electron chi connectivity index (χ3n) is 6.14. The predicted molar refractivity (Wildman–Crippen MR) is 134 cm³/mol. The summed E-state index contributed by atoms with van der Waals surface area (Å²) in [6.07, 6.45) is 1.65. The summed E-state index contributed by atoms with van der Waals surface area (Å²) in [6, 6.07) is 14.0. The predicted octanol–water partition coefficient (Wildman–Crippen LogP) is 3.17. The number of nitrogens with zero attached hydrogens (tertiary/aromatic N) is 4. The molecule has 0 bridgehead atoms. The Kier molecular flexibility index (Phi) is 6.08. The minimum absolute atomic E-state index is 0.0908. The standard InChI is InChI=1S/C26H28N6O2/c1-16-11-18(23-6-4-5-17(2)30-23)7-8-21(16)22-12-19-13-29-26(27-3)31-24(19)32(25(22)33)15-20-14-28-9-10-34-20/h4-8,11-13,20,28H,9-10,14-15H2,1-3H3,(H,27,29,31). The van der Waals surface area contributed by atoms with Crippen LogP contribution in [0.25, 0.3) is 33.4 Å². The highest BCUT2D eigenvalue weighted by Crippen LogP contribution is 2.28. The van der Waals surface area contributed by atoms with E-state index in [-0.39, 0.29) is 11.7 Å². The minimum Gasteiger partial charge on any atom is -0.374 e. The molecule has 1 aliphatic rings. The summed E-state index contributed by atoms with van der Waals surface area (Å²) in [5.41, 5.74) is 5.93. The summed E-state index contributed by atoms with van der Waals surface area (Å²) in [4.78, 5) is 27.4. The Labute approximate surface area is 198 Å². The van der Waals surface area contributed by atoms with Crippen LogP contribution in [-0.4, -0.2) is 52.4 Å². The summed E-state index contributed by atoms with van der Waals surface area (Å²) in [7, 11) is 1.76. The lowest BCUT2D eigenvalue weighted by Crippen LogP contribution is -2.42. The first-order valence-electron chi connectivity index (χ1n) is 11.5. The minimum atomic E-state index is -0.103. The fourth-order valence-electron chi connectivity index (χ4n) is 4.41. The van der Waals surface area contributed by atoms with Gasteiger partial charge in [-0.25, -0.2) is 4.98 Å². The Balaban J connectivity index is 1.63. The van der Waals surface area contributed by atoms with Crippen LogP contribution in [0.1, 0.15) is 11.3 Å². The number of ether oxygens (including phenoxy) is 1. The number of hydrogen-bond acceptors (Lipinski definition) is 7. The molecular formula is C26H28N6O2. The topological polar surface area (TPSA) is 94.0 Å². The first-order valence-corrected chi connectivity index (χ1v) is 11.5. The molecule has 5 rings (SSSR count). The largest absolute Gasteiger partial charge is 0.374 e. The molecule has 174 valence electrons. The number of pyridine rings is 2. The number of anilines is 1. The van der Waals surface area contributed by atoms with Crippen LogP contribution in [0.5, 0.6) is 0 Å². The van der Waals surface area contributed by atoms with Crippen molar-refractivity contribution in [1.82, 2.24) is 24.8 Å². The second-order valence-electron chi connectivity index (χ2n) is 8.59. The normalized spacial score (nSPS) is 16.0. The number of benzene rings is 1. The molecule has 34 heavy (non-hydrogen) atoms. The molecule has 3 aromatic heterocycles. The van der Waals surface area contributed by atoms with Gasteiger partial charge < -0.3 is 15.4 Å². The van der Waals surface area contributed by atoms with Crippen LogP contribution in [0.2, 0.25) is 0 Å².